The van der Waals surface area contributed by atoms with Crippen LogP contribution >= 0.6 is 0 Å². The van der Waals surface area contributed by atoms with E-state index in [-0.39, 0.29) is 25.0 Å². The minimum atomic E-state index is -0.975. The maximum absolute atomic E-state index is 11.7. The minimum absolute atomic E-state index is 0.00403. The van der Waals surface area contributed by atoms with E-state index in [1.165, 1.54) is 6.08 Å². The minimum Gasteiger partial charge on any atom is -0.432 e. The number of rotatable bonds is 7. The van der Waals surface area contributed by atoms with Gasteiger partial charge in [0.25, 0.3) is 11.8 Å². The van der Waals surface area contributed by atoms with Crippen molar-refractivity contribution in [2.45, 2.75) is 32.8 Å². The van der Waals surface area contributed by atoms with Gasteiger partial charge in [0.1, 0.15) is 5.60 Å². The average molecular weight is 347 g/mol. The van der Waals surface area contributed by atoms with Crippen LogP contribution in [0.1, 0.15) is 32.8 Å². The van der Waals surface area contributed by atoms with E-state index in [4.69, 9.17) is 9.62 Å². The molecule has 1 heterocycles. The highest BCUT2D eigenvalue weighted by molar-refractivity contribution is 6.15. The van der Waals surface area contributed by atoms with Crippen molar-refractivity contribution in [2.75, 3.05) is 13.2 Å². The highest BCUT2D eigenvalue weighted by Crippen LogP contribution is 2.24. The zero-order valence-corrected chi connectivity index (χ0v) is 14.5. The van der Waals surface area contributed by atoms with Crippen LogP contribution in [0.2, 0.25) is 0 Å². The summed E-state index contributed by atoms with van der Waals surface area (Å²) in [4.78, 5) is 45.7. The van der Waals surface area contributed by atoms with Crippen molar-refractivity contribution in [2.24, 2.45) is 0 Å². The highest BCUT2D eigenvalue weighted by atomic mass is 17.2. The van der Waals surface area contributed by atoms with Gasteiger partial charge >= 0.3 is 6.16 Å². The van der Waals surface area contributed by atoms with Gasteiger partial charge < -0.3 is 4.74 Å². The highest BCUT2D eigenvalue weighted by Gasteiger charge is 2.28. The van der Waals surface area contributed by atoms with Crippen LogP contribution in [-0.2, 0) is 29.7 Å². The number of imide groups is 1. The molecule has 0 aliphatic carbocycles. The lowest BCUT2D eigenvalue weighted by molar-refractivity contribution is -0.322. The van der Waals surface area contributed by atoms with Crippen molar-refractivity contribution in [3.63, 3.8) is 0 Å². The Morgan fingerprint density at radius 2 is 1.84 bits per heavy atom. The van der Waals surface area contributed by atoms with E-state index in [0.717, 1.165) is 10.5 Å². The summed E-state index contributed by atoms with van der Waals surface area (Å²) >= 11 is 0. The molecular formula is C18H21NO6. The lowest BCUT2D eigenvalue weighted by atomic mass is 9.99. The molecule has 0 radical (unpaired) electrons. The molecule has 1 aliphatic rings. The van der Waals surface area contributed by atoms with Crippen LogP contribution in [0.5, 0.6) is 0 Å². The van der Waals surface area contributed by atoms with Crippen LogP contribution in [0.3, 0.4) is 0 Å². The molecule has 0 saturated carbocycles. The van der Waals surface area contributed by atoms with Crippen molar-refractivity contribution in [1.29, 1.82) is 0 Å². The number of amides is 2. The number of nitrogens with zero attached hydrogens (tertiary/aromatic N) is 1. The summed E-state index contributed by atoms with van der Waals surface area (Å²) < 4.78 is 4.88. The van der Waals surface area contributed by atoms with E-state index in [0.29, 0.717) is 12.0 Å². The molecule has 7 heteroatoms. The van der Waals surface area contributed by atoms with Crippen molar-refractivity contribution in [3.8, 4) is 0 Å². The first kappa shape index (κ1) is 18.7. The molecule has 0 saturated heterocycles. The van der Waals surface area contributed by atoms with Crippen molar-refractivity contribution in [3.05, 3.63) is 47.5 Å². The van der Waals surface area contributed by atoms with Crippen LogP contribution in [-0.4, -0.2) is 36.0 Å². The van der Waals surface area contributed by atoms with E-state index in [2.05, 4.69) is 4.89 Å². The van der Waals surface area contributed by atoms with E-state index in [9.17, 15) is 14.4 Å². The van der Waals surface area contributed by atoms with Gasteiger partial charge in [-0.3, -0.25) is 19.4 Å². The molecule has 7 nitrogen and oxygen atoms in total. The Hall–Kier alpha value is -2.67. The van der Waals surface area contributed by atoms with E-state index >= 15 is 0 Å². The molecule has 0 fully saturated rings. The predicted molar refractivity (Wildman–Crippen MR) is 88.1 cm³/mol. The Morgan fingerprint density at radius 1 is 1.16 bits per heavy atom. The van der Waals surface area contributed by atoms with Crippen LogP contribution in [0.25, 0.3) is 0 Å². The molecule has 0 atom stereocenters. The fourth-order valence-corrected chi connectivity index (χ4v) is 2.28. The quantitative estimate of drug-likeness (QED) is 0.248. The zero-order valence-electron chi connectivity index (χ0n) is 14.5. The molecule has 0 unspecified atom stereocenters. The SMILES string of the molecule is CC1=CC(=O)N(CCCOC(=O)OOC(C)(C)c2ccccc2)C1=O. The van der Waals surface area contributed by atoms with Crippen LogP contribution in [0, 0.1) is 0 Å². The van der Waals surface area contributed by atoms with E-state index < -0.39 is 11.8 Å². The smallest absolute Gasteiger partial charge is 0.432 e. The number of ether oxygens (including phenoxy) is 1. The Bertz CT molecular complexity index is 680. The normalized spacial score (nSPS) is 14.5. The van der Waals surface area contributed by atoms with Gasteiger partial charge in [-0.15, -0.1) is 0 Å². The van der Waals surface area contributed by atoms with Crippen LogP contribution in [0.4, 0.5) is 4.79 Å². The molecule has 0 aromatic heterocycles. The maximum atomic E-state index is 11.7. The first-order valence-corrected chi connectivity index (χ1v) is 7.93. The third-order valence-corrected chi connectivity index (χ3v) is 3.72. The summed E-state index contributed by atoms with van der Waals surface area (Å²) in [7, 11) is 0. The summed E-state index contributed by atoms with van der Waals surface area (Å²) in [5.74, 6) is -0.668. The maximum Gasteiger partial charge on any atom is 0.540 e. The molecular weight excluding hydrogens is 326 g/mol. The lowest BCUT2D eigenvalue weighted by Crippen LogP contribution is -2.32. The van der Waals surface area contributed by atoms with Gasteiger partial charge in [0.15, 0.2) is 0 Å². The molecule has 0 bridgehead atoms. The summed E-state index contributed by atoms with van der Waals surface area (Å²) in [5, 5.41) is 0. The lowest BCUT2D eigenvalue weighted by Gasteiger charge is -2.22. The van der Waals surface area contributed by atoms with Gasteiger partial charge in [-0.05, 0) is 32.8 Å². The number of carbonyl (C=O) groups is 3. The zero-order chi connectivity index (χ0) is 18.4. The van der Waals surface area contributed by atoms with Gasteiger partial charge in [0.05, 0.1) is 6.61 Å². The first-order valence-electron chi connectivity index (χ1n) is 7.93. The standard InChI is InChI=1S/C18H21NO6/c1-13-12-15(20)19(16(13)21)10-7-11-23-17(22)24-25-18(2,3)14-8-5-4-6-9-14/h4-6,8-9,12H,7,10-11H2,1-3H3. The largest absolute Gasteiger partial charge is 0.540 e. The molecule has 2 rings (SSSR count). The Morgan fingerprint density at radius 3 is 2.44 bits per heavy atom. The van der Waals surface area contributed by atoms with Gasteiger partial charge in [0, 0.05) is 18.2 Å². The molecule has 25 heavy (non-hydrogen) atoms. The van der Waals surface area contributed by atoms with E-state index in [1.807, 2.05) is 30.3 Å². The Kier molecular flexibility index (Phi) is 5.93. The predicted octanol–water partition coefficient (Wildman–Crippen LogP) is 2.71. The molecule has 2 amide bonds. The van der Waals surface area contributed by atoms with Crippen molar-refractivity contribution >= 4 is 18.0 Å². The molecule has 1 aliphatic heterocycles. The summed E-state index contributed by atoms with van der Waals surface area (Å²) in [6.07, 6.45) is 0.629. The van der Waals surface area contributed by atoms with Gasteiger partial charge in [-0.25, -0.2) is 4.79 Å². The number of carbonyl (C=O) groups excluding carboxylic acids is 3. The third kappa shape index (κ3) is 4.90. The third-order valence-electron chi connectivity index (χ3n) is 3.72. The summed E-state index contributed by atoms with van der Waals surface area (Å²) in [6.45, 7) is 5.28. The van der Waals surface area contributed by atoms with Gasteiger partial charge in [0.2, 0.25) is 0 Å². The van der Waals surface area contributed by atoms with Crippen LogP contribution in [0.15, 0.2) is 42.0 Å². The number of hydrogen-bond acceptors (Lipinski definition) is 6. The number of hydrogen-bond donors (Lipinski definition) is 0. The molecule has 1 aromatic rings. The summed E-state index contributed by atoms with van der Waals surface area (Å²) in [6, 6.07) is 9.30. The molecule has 134 valence electrons. The second-order valence-electron chi connectivity index (χ2n) is 6.12. The fourth-order valence-electron chi connectivity index (χ4n) is 2.28. The second-order valence-corrected chi connectivity index (χ2v) is 6.12. The topological polar surface area (TPSA) is 82.1 Å². The van der Waals surface area contributed by atoms with Crippen molar-refractivity contribution < 1.29 is 28.9 Å². The number of benzene rings is 1. The first-order chi connectivity index (χ1) is 11.8. The summed E-state index contributed by atoms with van der Waals surface area (Å²) in [5.41, 5.74) is 0.427. The fraction of sp³-hybridized carbons (Fsp3) is 0.389. The van der Waals surface area contributed by atoms with Gasteiger partial charge in [-0.2, -0.15) is 4.89 Å². The van der Waals surface area contributed by atoms with E-state index in [1.54, 1.807) is 20.8 Å². The molecule has 0 spiro atoms. The Labute approximate surface area is 146 Å². The van der Waals surface area contributed by atoms with Crippen LogP contribution < -0.4 is 0 Å². The second kappa shape index (κ2) is 7.94. The average Bonchev–Trinajstić information content (AvgIpc) is 2.83. The van der Waals surface area contributed by atoms with Gasteiger partial charge in [-0.1, -0.05) is 30.3 Å². The van der Waals surface area contributed by atoms with Crippen molar-refractivity contribution in [1.82, 2.24) is 4.90 Å². The monoisotopic (exact) mass is 347 g/mol. The molecule has 1 aromatic carbocycles. The Balaban J connectivity index is 1.68. The molecule has 0 N–H and O–H groups in total.